The van der Waals surface area contributed by atoms with Crippen LogP contribution in [-0.2, 0) is 4.12 Å². The Kier molecular flexibility index (Phi) is 6.44. The van der Waals surface area contributed by atoms with Gasteiger partial charge in [-0.2, -0.15) is 0 Å². The van der Waals surface area contributed by atoms with Crippen molar-refractivity contribution in [1.82, 2.24) is 0 Å². The molecule has 0 atom stereocenters. The molecule has 0 N–H and O–H groups in total. The summed E-state index contributed by atoms with van der Waals surface area (Å²) in [5, 5.41) is 6.30. The van der Waals surface area contributed by atoms with Gasteiger partial charge in [0, 0.05) is 0 Å². The van der Waals surface area contributed by atoms with Crippen LogP contribution in [0.5, 0.6) is 0 Å². The minimum absolute atomic E-state index is 1.26. The van der Waals surface area contributed by atoms with E-state index in [0.717, 1.165) is 0 Å². The van der Waals surface area contributed by atoms with Crippen molar-refractivity contribution >= 4 is 43.3 Å². The molecular formula is C30H25OSi2. The van der Waals surface area contributed by atoms with Gasteiger partial charge in [0.1, 0.15) is 0 Å². The third-order valence-electron chi connectivity index (χ3n) is 5.87. The van der Waals surface area contributed by atoms with Gasteiger partial charge in [-0.1, -0.05) is 152 Å². The van der Waals surface area contributed by atoms with Gasteiger partial charge in [-0.25, -0.2) is 0 Å². The number of hydrogen-bond acceptors (Lipinski definition) is 1. The smallest absolute Gasteiger partial charge is 0.278 e. The summed E-state index contributed by atoms with van der Waals surface area (Å²) in [6.45, 7) is 0. The van der Waals surface area contributed by atoms with Gasteiger partial charge >= 0.3 is 0 Å². The Morgan fingerprint density at radius 1 is 0.364 bits per heavy atom. The molecule has 3 heteroatoms. The summed E-state index contributed by atoms with van der Waals surface area (Å²) in [7, 11) is -4.34. The van der Waals surface area contributed by atoms with Gasteiger partial charge in [-0.3, -0.25) is 0 Å². The third-order valence-corrected chi connectivity index (χ3v) is 13.1. The van der Waals surface area contributed by atoms with Crippen molar-refractivity contribution in [3.8, 4) is 0 Å². The van der Waals surface area contributed by atoms with Crippen molar-refractivity contribution in [3.63, 3.8) is 0 Å². The molecule has 1 nitrogen and oxygen atoms in total. The summed E-state index contributed by atoms with van der Waals surface area (Å²) < 4.78 is 7.61. The monoisotopic (exact) mass is 457 g/mol. The van der Waals surface area contributed by atoms with E-state index in [-0.39, 0.29) is 0 Å². The zero-order chi connectivity index (χ0) is 22.3. The van der Waals surface area contributed by atoms with Crippen molar-refractivity contribution < 1.29 is 4.12 Å². The molecule has 33 heavy (non-hydrogen) atoms. The third kappa shape index (κ3) is 4.39. The van der Waals surface area contributed by atoms with Crippen LogP contribution in [0.2, 0.25) is 0 Å². The summed E-state index contributed by atoms with van der Waals surface area (Å²) in [5.41, 5.74) is 0. The predicted molar refractivity (Wildman–Crippen MR) is 143 cm³/mol. The van der Waals surface area contributed by atoms with E-state index < -0.39 is 17.4 Å². The molecule has 159 valence electrons. The fourth-order valence-corrected chi connectivity index (χ4v) is 12.2. The highest BCUT2D eigenvalue weighted by Gasteiger charge is 2.44. The maximum atomic E-state index is 7.61. The van der Waals surface area contributed by atoms with Gasteiger partial charge in [0.05, 0.1) is 0 Å². The highest BCUT2D eigenvalue weighted by Crippen LogP contribution is 2.12. The molecule has 1 radical (unpaired) electrons. The fraction of sp³-hybridized carbons (Fsp3) is 0. The van der Waals surface area contributed by atoms with E-state index in [1.54, 1.807) is 0 Å². The largest absolute Gasteiger partial charge is 0.439 e. The zero-order valence-corrected chi connectivity index (χ0v) is 20.3. The molecule has 0 amide bonds. The maximum Gasteiger partial charge on any atom is 0.278 e. The average Bonchev–Trinajstić information content (AvgIpc) is 2.92. The quantitative estimate of drug-likeness (QED) is 0.269. The summed E-state index contributed by atoms with van der Waals surface area (Å²) in [5.74, 6) is 0. The van der Waals surface area contributed by atoms with E-state index in [1.807, 2.05) is 0 Å². The van der Waals surface area contributed by atoms with Crippen LogP contribution < -0.4 is 25.9 Å². The average molecular weight is 458 g/mol. The molecule has 0 saturated heterocycles. The minimum atomic E-state index is -2.81. The zero-order valence-electron chi connectivity index (χ0n) is 18.3. The number of hydrogen-bond donors (Lipinski definition) is 0. The SMILES string of the molecule is c1ccc([Si](O[Si](c2ccccc2)(c2ccccc2)c2ccccc2)c2ccccc2)cc1. The maximum absolute atomic E-state index is 7.61. The van der Waals surface area contributed by atoms with Gasteiger partial charge in [0.25, 0.3) is 17.4 Å². The first kappa shape index (κ1) is 21.3. The van der Waals surface area contributed by atoms with E-state index in [0.29, 0.717) is 0 Å². The van der Waals surface area contributed by atoms with Gasteiger partial charge in [0.2, 0.25) is 0 Å². The van der Waals surface area contributed by atoms with Crippen LogP contribution in [0.4, 0.5) is 0 Å². The molecule has 0 aromatic heterocycles. The lowest BCUT2D eigenvalue weighted by molar-refractivity contribution is 0.616. The normalized spacial score (nSPS) is 11.4. The number of benzene rings is 5. The molecule has 0 heterocycles. The van der Waals surface area contributed by atoms with E-state index >= 15 is 0 Å². The molecule has 0 fully saturated rings. The second-order valence-electron chi connectivity index (χ2n) is 7.94. The number of rotatable bonds is 7. The molecule has 0 aliphatic rings. The van der Waals surface area contributed by atoms with Crippen molar-refractivity contribution in [1.29, 1.82) is 0 Å². The first-order valence-corrected chi connectivity index (χ1v) is 14.5. The van der Waals surface area contributed by atoms with Crippen LogP contribution in [0.15, 0.2) is 152 Å². The van der Waals surface area contributed by atoms with Gasteiger partial charge in [-0.15, -0.1) is 0 Å². The van der Waals surface area contributed by atoms with Crippen LogP contribution in [-0.4, -0.2) is 17.4 Å². The Bertz CT molecular complexity index is 1130. The van der Waals surface area contributed by atoms with E-state index in [4.69, 9.17) is 4.12 Å². The summed E-state index contributed by atoms with van der Waals surface area (Å²) in [6, 6.07) is 53.9. The van der Waals surface area contributed by atoms with Crippen LogP contribution >= 0.6 is 0 Å². The lowest BCUT2D eigenvalue weighted by Crippen LogP contribution is -2.73. The molecular weight excluding hydrogens is 433 g/mol. The predicted octanol–water partition coefficient (Wildman–Crippen LogP) is 3.48. The fourth-order valence-electron chi connectivity index (χ4n) is 4.31. The topological polar surface area (TPSA) is 9.23 Å². The second kappa shape index (κ2) is 9.96. The van der Waals surface area contributed by atoms with Crippen LogP contribution in [0, 0.1) is 0 Å². The Morgan fingerprint density at radius 2 is 0.636 bits per heavy atom. The summed E-state index contributed by atoms with van der Waals surface area (Å²) >= 11 is 0. The first-order valence-electron chi connectivity index (χ1n) is 11.2. The molecule has 5 aromatic carbocycles. The highest BCUT2D eigenvalue weighted by atomic mass is 28.4. The van der Waals surface area contributed by atoms with Crippen molar-refractivity contribution in [2.75, 3.05) is 0 Å². The van der Waals surface area contributed by atoms with Crippen molar-refractivity contribution in [3.05, 3.63) is 152 Å². The Morgan fingerprint density at radius 3 is 0.939 bits per heavy atom. The minimum Gasteiger partial charge on any atom is -0.439 e. The van der Waals surface area contributed by atoms with Crippen LogP contribution in [0.25, 0.3) is 0 Å². The van der Waals surface area contributed by atoms with E-state index in [2.05, 4.69) is 152 Å². The molecule has 0 aliphatic carbocycles. The molecule has 0 bridgehead atoms. The lowest BCUT2D eigenvalue weighted by Gasteiger charge is -2.36. The molecule has 0 aliphatic heterocycles. The van der Waals surface area contributed by atoms with Crippen molar-refractivity contribution in [2.24, 2.45) is 0 Å². The lowest BCUT2D eigenvalue weighted by atomic mass is 10.3. The molecule has 5 rings (SSSR count). The molecule has 5 aromatic rings. The highest BCUT2D eigenvalue weighted by molar-refractivity contribution is 7.11. The van der Waals surface area contributed by atoms with Gasteiger partial charge < -0.3 is 4.12 Å². The Hall–Kier alpha value is -3.51. The van der Waals surface area contributed by atoms with Gasteiger partial charge in [-0.05, 0) is 25.9 Å². The standard InChI is InChI=1S/C30H25OSi2/c1-6-16-26(17-7-1)32(27-18-8-2-9-19-27)31-33(28-20-10-3-11-21-28,29-22-12-4-13-23-29)30-24-14-5-15-25-30/h1-25H. The molecule has 0 saturated carbocycles. The Labute approximate surface area is 198 Å². The van der Waals surface area contributed by atoms with E-state index in [1.165, 1.54) is 25.9 Å². The summed E-state index contributed by atoms with van der Waals surface area (Å²) in [6.07, 6.45) is 0. The first-order chi connectivity index (χ1) is 16.4. The van der Waals surface area contributed by atoms with Crippen LogP contribution in [0.1, 0.15) is 0 Å². The molecule has 0 spiro atoms. The van der Waals surface area contributed by atoms with Gasteiger partial charge in [0.15, 0.2) is 0 Å². The summed E-state index contributed by atoms with van der Waals surface area (Å²) in [4.78, 5) is 0. The van der Waals surface area contributed by atoms with E-state index in [9.17, 15) is 0 Å². The Balaban J connectivity index is 1.78. The second-order valence-corrected chi connectivity index (χ2v) is 13.7. The van der Waals surface area contributed by atoms with Crippen molar-refractivity contribution in [2.45, 2.75) is 0 Å². The van der Waals surface area contributed by atoms with Crippen LogP contribution in [0.3, 0.4) is 0 Å². The molecule has 0 unspecified atom stereocenters.